The molecule has 0 atom stereocenters. The molecule has 276 valence electrons. The summed E-state index contributed by atoms with van der Waals surface area (Å²) >= 11 is 5.57. The van der Waals surface area contributed by atoms with Crippen LogP contribution in [0.2, 0.25) is 0 Å². The Bertz CT molecular complexity index is 3840. The highest BCUT2D eigenvalue weighted by molar-refractivity contribution is 7.99. The van der Waals surface area contributed by atoms with Crippen molar-refractivity contribution >= 4 is 118 Å². The van der Waals surface area contributed by atoms with Crippen molar-refractivity contribution in [2.75, 3.05) is 0 Å². The van der Waals surface area contributed by atoms with Gasteiger partial charge < -0.3 is 9.13 Å². The van der Waals surface area contributed by atoms with Gasteiger partial charge in [0.25, 0.3) is 0 Å². The summed E-state index contributed by atoms with van der Waals surface area (Å²) in [5.41, 5.74) is 9.68. The summed E-state index contributed by atoms with van der Waals surface area (Å²) in [5.74, 6) is 0. The van der Waals surface area contributed by atoms with Gasteiger partial charge in [-0.3, -0.25) is 0 Å². The van der Waals surface area contributed by atoms with Crippen molar-refractivity contribution in [2.45, 2.75) is 9.79 Å². The lowest BCUT2D eigenvalue weighted by atomic mass is 10.0. The van der Waals surface area contributed by atoms with Crippen molar-refractivity contribution in [2.24, 2.45) is 0 Å². The predicted octanol–water partition coefficient (Wildman–Crippen LogP) is 16.4. The zero-order chi connectivity index (χ0) is 38.6. The number of hydrogen-bond acceptors (Lipinski definition) is 3. The second-order valence-electron chi connectivity index (χ2n) is 15.3. The van der Waals surface area contributed by atoms with Crippen LogP contribution in [-0.4, -0.2) is 9.13 Å². The lowest BCUT2D eigenvalue weighted by Gasteiger charge is -2.11. The van der Waals surface area contributed by atoms with E-state index >= 15 is 0 Å². The van der Waals surface area contributed by atoms with Crippen molar-refractivity contribution in [1.29, 1.82) is 0 Å². The highest BCUT2D eigenvalue weighted by Crippen LogP contribution is 2.42. The van der Waals surface area contributed by atoms with E-state index in [1.807, 2.05) is 34.4 Å². The van der Waals surface area contributed by atoms with Crippen LogP contribution < -0.4 is 0 Å². The van der Waals surface area contributed by atoms with Gasteiger partial charge in [0, 0.05) is 83.1 Å². The molecule has 9 aromatic carbocycles. The highest BCUT2D eigenvalue weighted by Gasteiger charge is 2.17. The van der Waals surface area contributed by atoms with Gasteiger partial charge in [-0.05, 0) is 114 Å². The lowest BCUT2D eigenvalue weighted by molar-refractivity contribution is 1.18. The van der Waals surface area contributed by atoms with E-state index in [1.165, 1.54) is 111 Å². The number of fused-ring (bicyclic) bond motifs is 12. The van der Waals surface area contributed by atoms with E-state index in [-0.39, 0.29) is 0 Å². The van der Waals surface area contributed by atoms with Gasteiger partial charge in [0.2, 0.25) is 0 Å². The van der Waals surface area contributed by atoms with Gasteiger partial charge in [0.05, 0.1) is 22.1 Å². The minimum atomic E-state index is 1.16. The molecule has 0 fully saturated rings. The zero-order valence-corrected chi connectivity index (χ0v) is 34.0. The molecule has 0 radical (unpaired) electrons. The third-order valence-corrected chi connectivity index (χ3v) is 15.2. The van der Waals surface area contributed by atoms with Crippen LogP contribution in [0.5, 0.6) is 0 Å². The number of hydrogen-bond donors (Lipinski definition) is 0. The summed E-state index contributed by atoms with van der Waals surface area (Å²) in [6.45, 7) is 0. The van der Waals surface area contributed by atoms with Crippen LogP contribution in [0.4, 0.5) is 0 Å². The van der Waals surface area contributed by atoms with E-state index in [4.69, 9.17) is 0 Å². The van der Waals surface area contributed by atoms with Gasteiger partial charge in [0.1, 0.15) is 0 Å². The van der Waals surface area contributed by atoms with E-state index < -0.39 is 0 Å². The molecule has 0 aliphatic heterocycles. The average Bonchev–Trinajstić information content (AvgIpc) is 4.03. The topological polar surface area (TPSA) is 9.86 Å². The van der Waals surface area contributed by atoms with Crippen LogP contribution in [-0.2, 0) is 0 Å². The van der Waals surface area contributed by atoms with Gasteiger partial charge >= 0.3 is 0 Å². The van der Waals surface area contributed by atoms with Crippen LogP contribution in [0.3, 0.4) is 0 Å². The third-order valence-electron chi connectivity index (χ3n) is 12.0. The Morgan fingerprint density at radius 2 is 0.763 bits per heavy atom. The molecule has 4 aromatic heterocycles. The maximum absolute atomic E-state index is 2.43. The summed E-state index contributed by atoms with van der Waals surface area (Å²) in [6.07, 6.45) is 0. The molecule has 0 aliphatic rings. The fourth-order valence-corrected chi connectivity index (χ4v) is 12.4. The number of rotatable bonds is 5. The van der Waals surface area contributed by atoms with Crippen molar-refractivity contribution in [1.82, 2.24) is 9.13 Å². The first-order valence-corrected chi connectivity index (χ1v) is 22.3. The Labute approximate surface area is 351 Å². The average molecular weight is 805 g/mol. The Hall–Kier alpha value is -6.63. The molecular weight excluding hydrogens is 773 g/mol. The van der Waals surface area contributed by atoms with E-state index in [2.05, 4.69) is 203 Å². The Balaban J connectivity index is 0.890. The third kappa shape index (κ3) is 5.19. The van der Waals surface area contributed by atoms with E-state index in [0.717, 1.165) is 5.69 Å². The number of aromatic nitrogens is 2. The van der Waals surface area contributed by atoms with Crippen LogP contribution in [0, 0.1) is 0 Å². The Morgan fingerprint density at radius 1 is 0.288 bits per heavy atom. The normalized spacial score (nSPS) is 12.1. The zero-order valence-electron chi connectivity index (χ0n) is 31.6. The smallest absolute Gasteiger partial charge is 0.0541 e. The van der Waals surface area contributed by atoms with Crippen molar-refractivity contribution in [3.8, 4) is 22.5 Å². The summed E-state index contributed by atoms with van der Waals surface area (Å²) in [4.78, 5) is 2.45. The standard InChI is InChI=1S/C54H32N2S3/c1-5-16-47-39(12-1)43-31-37(22-24-49(43)55(47)35-11-9-10-33(28-35)34-20-26-53-45(29-34)41-14-3-7-18-51(41)58-53)57-38-23-25-50-44(32-38)40-13-2-6-17-48(40)56(50)36-21-27-54-46(30-36)42-15-4-8-19-52(42)59-54/h1-32H. The monoisotopic (exact) mass is 804 g/mol. The van der Waals surface area contributed by atoms with Gasteiger partial charge in [-0.15, -0.1) is 22.7 Å². The van der Waals surface area contributed by atoms with Crippen LogP contribution >= 0.6 is 34.4 Å². The second-order valence-corrected chi connectivity index (χ2v) is 18.6. The van der Waals surface area contributed by atoms with E-state index in [9.17, 15) is 0 Å². The molecule has 0 unspecified atom stereocenters. The molecule has 13 aromatic rings. The fourth-order valence-electron chi connectivity index (χ4n) is 9.31. The van der Waals surface area contributed by atoms with Gasteiger partial charge in [0.15, 0.2) is 0 Å². The number of thiophene rings is 2. The number of benzene rings is 9. The van der Waals surface area contributed by atoms with E-state index in [0.29, 0.717) is 0 Å². The molecule has 2 nitrogen and oxygen atoms in total. The maximum atomic E-state index is 2.43. The van der Waals surface area contributed by atoms with Crippen LogP contribution in [0.15, 0.2) is 204 Å². The molecular formula is C54H32N2S3. The second kappa shape index (κ2) is 12.9. The molecule has 59 heavy (non-hydrogen) atoms. The molecule has 0 aliphatic carbocycles. The Morgan fingerprint density at radius 3 is 1.39 bits per heavy atom. The van der Waals surface area contributed by atoms with Gasteiger partial charge in [-0.25, -0.2) is 0 Å². The minimum Gasteiger partial charge on any atom is -0.309 e. The van der Waals surface area contributed by atoms with Crippen molar-refractivity contribution < 1.29 is 0 Å². The lowest BCUT2D eigenvalue weighted by Crippen LogP contribution is -1.94. The molecule has 4 heterocycles. The fraction of sp³-hybridized carbons (Fsp3) is 0. The molecule has 5 heteroatoms. The molecule has 0 amide bonds. The predicted molar refractivity (Wildman–Crippen MR) is 257 cm³/mol. The first-order chi connectivity index (χ1) is 29.2. The molecule has 0 N–H and O–H groups in total. The number of nitrogens with zero attached hydrogens (tertiary/aromatic N) is 2. The minimum absolute atomic E-state index is 1.16. The van der Waals surface area contributed by atoms with E-state index in [1.54, 1.807) is 0 Å². The van der Waals surface area contributed by atoms with Gasteiger partial charge in [-0.2, -0.15) is 0 Å². The summed E-state index contributed by atoms with van der Waals surface area (Å²) in [5, 5.41) is 10.3. The first-order valence-electron chi connectivity index (χ1n) is 19.9. The van der Waals surface area contributed by atoms with Crippen LogP contribution in [0.1, 0.15) is 0 Å². The van der Waals surface area contributed by atoms with Crippen LogP contribution in [0.25, 0.3) is 106 Å². The largest absolute Gasteiger partial charge is 0.309 e. The summed E-state index contributed by atoms with van der Waals surface area (Å²) in [6, 6.07) is 71.9. The SMILES string of the molecule is c1cc(-c2ccc3sc4ccccc4c3c2)cc(-n2c3ccccc3c3cc(Sc4ccc5c(c4)c4ccccc4n5-c4ccc5sc6ccccc6c5c4)ccc32)c1. The van der Waals surface area contributed by atoms with Crippen molar-refractivity contribution in [3.05, 3.63) is 194 Å². The molecule has 13 rings (SSSR count). The highest BCUT2D eigenvalue weighted by atomic mass is 32.2. The van der Waals surface area contributed by atoms with Crippen molar-refractivity contribution in [3.63, 3.8) is 0 Å². The summed E-state index contributed by atoms with van der Waals surface area (Å²) in [7, 11) is 0. The Kier molecular flexibility index (Phi) is 7.31. The number of para-hydroxylation sites is 2. The molecule has 0 saturated heterocycles. The van der Waals surface area contributed by atoms with Gasteiger partial charge in [-0.1, -0.05) is 103 Å². The molecule has 0 bridgehead atoms. The molecule has 0 spiro atoms. The first kappa shape index (κ1) is 33.4. The summed E-state index contributed by atoms with van der Waals surface area (Å²) < 4.78 is 10.2. The maximum Gasteiger partial charge on any atom is 0.0541 e. The molecule has 0 saturated carbocycles. The quantitative estimate of drug-likeness (QED) is 0.168.